The molecule has 6 atom stereocenters. The molecule has 5 aliphatic rings. The third kappa shape index (κ3) is 9.03. The first-order chi connectivity index (χ1) is 32.1. The van der Waals surface area contributed by atoms with Crippen LogP contribution in [0.1, 0.15) is 121 Å². The predicted molar refractivity (Wildman–Crippen MR) is 251 cm³/mol. The van der Waals surface area contributed by atoms with Crippen molar-refractivity contribution in [3.63, 3.8) is 0 Å². The van der Waals surface area contributed by atoms with Gasteiger partial charge in [-0.15, -0.1) is 0 Å². The van der Waals surface area contributed by atoms with E-state index >= 15 is 4.79 Å². The average molecular weight is 893 g/mol. The minimum Gasteiger partial charge on any atom is -0.483 e. The van der Waals surface area contributed by atoms with Gasteiger partial charge in [-0.2, -0.15) is 0 Å². The number of hydrogen-bond donors (Lipinski definition) is 2. The van der Waals surface area contributed by atoms with E-state index in [4.69, 9.17) is 23.4 Å². The maximum Gasteiger partial charge on any atom is 0.339 e. The Morgan fingerprint density at radius 2 is 1.61 bits per heavy atom. The van der Waals surface area contributed by atoms with Crippen LogP contribution in [0.3, 0.4) is 0 Å². The molecule has 0 radical (unpaired) electrons. The van der Waals surface area contributed by atoms with Crippen LogP contribution in [0, 0.1) is 11.8 Å². The highest BCUT2D eigenvalue weighted by molar-refractivity contribution is 5.90. The molecule has 344 valence electrons. The molecule has 0 saturated heterocycles. The number of rotatable bonds is 9. The fourth-order valence-corrected chi connectivity index (χ4v) is 11.1. The maximum absolute atomic E-state index is 15.1. The van der Waals surface area contributed by atoms with E-state index in [2.05, 4.69) is 84.9 Å². The van der Waals surface area contributed by atoms with Gasteiger partial charge in [-0.1, -0.05) is 104 Å². The Hall–Kier alpha value is -5.81. The van der Waals surface area contributed by atoms with Crippen molar-refractivity contribution in [3.8, 4) is 5.75 Å². The number of carbonyl (C=O) groups is 2. The number of allylic oxidation sites excluding steroid dienone is 2. The first kappa shape index (κ1) is 45.4. The van der Waals surface area contributed by atoms with Crippen LogP contribution >= 0.6 is 0 Å². The number of fused-ring (bicyclic) bond motifs is 11. The van der Waals surface area contributed by atoms with E-state index in [1.165, 1.54) is 23.8 Å². The van der Waals surface area contributed by atoms with E-state index in [1.807, 2.05) is 13.0 Å². The number of carbonyl (C=O) groups excluding carboxylic acids is 2. The van der Waals surface area contributed by atoms with Crippen molar-refractivity contribution >= 4 is 22.9 Å². The Kier molecular flexibility index (Phi) is 13.4. The van der Waals surface area contributed by atoms with E-state index in [1.54, 1.807) is 19.1 Å². The van der Waals surface area contributed by atoms with Crippen LogP contribution in [-0.2, 0) is 49.7 Å². The second kappa shape index (κ2) is 19.6. The normalized spacial score (nSPS) is 25.4. The van der Waals surface area contributed by atoms with Crippen molar-refractivity contribution in [3.05, 3.63) is 169 Å². The van der Waals surface area contributed by atoms with Gasteiger partial charge in [-0.25, -0.2) is 9.59 Å². The van der Waals surface area contributed by atoms with Crippen LogP contribution < -0.4 is 10.4 Å². The molecule has 10 rings (SSSR count). The molecule has 1 aromatic heterocycles. The molecule has 10 nitrogen and oxygen atoms in total. The SMILES string of the molecule is COCCc1c(CO)c2ccc3c(c2oc1=O)[C@H]1OC(=O)C[C@H]2C[C@H](c4cccc(Cc5ccccc5)c4)C=C[C@H]2c2ccc(cc2)CC/C(=C(\C)CO)C(=O)O[C@@H]1[C@](C)(C1CCCC1)O3. The lowest BCUT2D eigenvalue weighted by atomic mass is 9.72. The summed E-state index contributed by atoms with van der Waals surface area (Å²) in [5, 5.41) is 21.6. The van der Waals surface area contributed by atoms with Gasteiger partial charge in [0.25, 0.3) is 0 Å². The lowest BCUT2D eigenvalue weighted by Gasteiger charge is -2.48. The van der Waals surface area contributed by atoms with Gasteiger partial charge < -0.3 is 33.6 Å². The molecule has 1 saturated carbocycles. The average Bonchev–Trinajstić information content (AvgIpc) is 3.89. The minimum absolute atomic E-state index is 0.0465. The molecule has 5 aromatic rings. The lowest BCUT2D eigenvalue weighted by molar-refractivity contribution is -0.199. The van der Waals surface area contributed by atoms with Gasteiger partial charge in [0.15, 0.2) is 12.2 Å². The highest BCUT2D eigenvalue weighted by atomic mass is 16.6. The summed E-state index contributed by atoms with van der Waals surface area (Å²) in [6.45, 7) is 3.09. The Balaban J connectivity index is 1.17. The van der Waals surface area contributed by atoms with Crippen molar-refractivity contribution in [1.82, 2.24) is 0 Å². The fraction of sp³-hybridized carbons (Fsp3) is 0.411. The Bertz CT molecular complexity index is 2690. The molecular formula is C56H60O10. The lowest BCUT2D eigenvalue weighted by Crippen LogP contribution is -2.58. The third-order valence-electron chi connectivity index (χ3n) is 14.8. The number of ether oxygens (including phenoxy) is 4. The molecule has 0 amide bonds. The second-order valence-corrected chi connectivity index (χ2v) is 18.9. The summed E-state index contributed by atoms with van der Waals surface area (Å²) in [6, 6.07) is 31.1. The summed E-state index contributed by atoms with van der Waals surface area (Å²) in [5.41, 5.74) is 5.77. The van der Waals surface area contributed by atoms with Crippen molar-refractivity contribution in [2.24, 2.45) is 11.8 Å². The van der Waals surface area contributed by atoms with Crippen molar-refractivity contribution < 1.29 is 43.2 Å². The molecule has 2 bridgehead atoms. The quantitative estimate of drug-likeness (QED) is 0.0636. The smallest absolute Gasteiger partial charge is 0.339 e. The van der Waals surface area contributed by atoms with Gasteiger partial charge in [0.2, 0.25) is 0 Å². The van der Waals surface area contributed by atoms with Gasteiger partial charge in [0, 0.05) is 54.2 Å². The molecule has 66 heavy (non-hydrogen) atoms. The largest absolute Gasteiger partial charge is 0.483 e. The number of hydrogen-bond acceptors (Lipinski definition) is 10. The molecule has 4 aromatic carbocycles. The first-order valence-corrected chi connectivity index (χ1v) is 23.6. The molecule has 0 spiro atoms. The summed E-state index contributed by atoms with van der Waals surface area (Å²) < 4.78 is 32.0. The number of esters is 2. The zero-order valence-electron chi connectivity index (χ0n) is 38.1. The van der Waals surface area contributed by atoms with Crippen LogP contribution in [0.2, 0.25) is 0 Å². The maximum atomic E-state index is 15.1. The highest BCUT2D eigenvalue weighted by Gasteiger charge is 2.57. The van der Waals surface area contributed by atoms with Gasteiger partial charge in [-0.05, 0) is 109 Å². The molecule has 4 heterocycles. The van der Waals surface area contributed by atoms with Crippen LogP contribution in [0.15, 0.2) is 124 Å². The van der Waals surface area contributed by atoms with E-state index in [0.717, 1.165) is 43.2 Å². The van der Waals surface area contributed by atoms with Gasteiger partial charge >= 0.3 is 17.6 Å². The molecular weight excluding hydrogens is 833 g/mol. The molecule has 3 aliphatic heterocycles. The van der Waals surface area contributed by atoms with Crippen LogP contribution in [0.25, 0.3) is 11.0 Å². The number of benzene rings is 4. The molecule has 2 N–H and O–H groups in total. The third-order valence-corrected chi connectivity index (χ3v) is 14.8. The van der Waals surface area contributed by atoms with Gasteiger partial charge in [-0.3, -0.25) is 4.79 Å². The van der Waals surface area contributed by atoms with Gasteiger partial charge in [0.05, 0.1) is 25.4 Å². The summed E-state index contributed by atoms with van der Waals surface area (Å²) >= 11 is 0. The number of aliphatic hydroxyl groups excluding tert-OH is 2. The van der Waals surface area contributed by atoms with Crippen molar-refractivity contribution in [2.75, 3.05) is 20.3 Å². The van der Waals surface area contributed by atoms with Crippen LogP contribution in [0.5, 0.6) is 5.75 Å². The zero-order chi connectivity index (χ0) is 46.0. The topological polar surface area (TPSA) is 142 Å². The summed E-state index contributed by atoms with van der Waals surface area (Å²) in [5.74, 6) is -1.06. The minimum atomic E-state index is -1.26. The molecule has 0 unspecified atom stereocenters. The van der Waals surface area contributed by atoms with Crippen LogP contribution in [0.4, 0.5) is 0 Å². The van der Waals surface area contributed by atoms with E-state index < -0.39 is 42.0 Å². The standard InChI is InChI=1S/C56H60O10/c1-34(32-57)43-22-18-35-16-19-38(20-17-35)44-23-21-40(39-13-9-12-37(29-39)28-36-10-5-4-6-11-36)30-41(44)31-49(59)63-52-50-48(66-56(2,42-14-7-8-15-42)53(52)65-54(43)60)25-24-45-47(33-58)46(26-27-62-3)55(61)64-51(45)50/h4-6,9-13,16-17,19-21,23-25,29,40-42,44,52-53,57-58H,7-8,14-15,18,22,26-28,30-33H2,1-3H3/b43-34-/t40-,41-,44+,52-,53+,56+/m1/s1. The van der Waals surface area contributed by atoms with E-state index in [9.17, 15) is 19.8 Å². The van der Waals surface area contributed by atoms with E-state index in [0.29, 0.717) is 47.1 Å². The van der Waals surface area contributed by atoms with Crippen LogP contribution in [-0.4, -0.2) is 54.2 Å². The molecule has 10 heteroatoms. The molecule has 1 fully saturated rings. The second-order valence-electron chi connectivity index (χ2n) is 18.9. The monoisotopic (exact) mass is 892 g/mol. The Morgan fingerprint density at radius 3 is 2.35 bits per heavy atom. The van der Waals surface area contributed by atoms with E-state index in [-0.39, 0.29) is 66.4 Å². The van der Waals surface area contributed by atoms with Crippen molar-refractivity contribution in [2.45, 2.75) is 114 Å². The van der Waals surface area contributed by atoms with Crippen molar-refractivity contribution in [1.29, 1.82) is 0 Å². The number of aryl methyl sites for hydroxylation is 1. The Morgan fingerprint density at radius 1 is 0.833 bits per heavy atom. The zero-order valence-corrected chi connectivity index (χ0v) is 38.1. The highest BCUT2D eigenvalue weighted by Crippen LogP contribution is 2.53. The summed E-state index contributed by atoms with van der Waals surface area (Å²) in [6.07, 6.45) is 8.20. The van der Waals surface area contributed by atoms with Gasteiger partial charge in [0.1, 0.15) is 16.9 Å². The first-order valence-electron chi connectivity index (χ1n) is 23.6. The Labute approximate surface area is 386 Å². The predicted octanol–water partition coefficient (Wildman–Crippen LogP) is 9.69. The summed E-state index contributed by atoms with van der Waals surface area (Å²) in [7, 11) is 1.54. The number of methoxy groups -OCH3 is 1. The fourth-order valence-electron chi connectivity index (χ4n) is 11.1. The number of aliphatic hydroxyl groups is 2. The summed E-state index contributed by atoms with van der Waals surface area (Å²) in [4.78, 5) is 43.7. The molecule has 2 aliphatic carbocycles.